The molecule has 9 heteroatoms. The van der Waals surface area contributed by atoms with E-state index >= 15 is 0 Å². The second-order valence-corrected chi connectivity index (χ2v) is 5.63. The maximum atomic E-state index is 12.5. The van der Waals surface area contributed by atoms with Gasteiger partial charge in [-0.15, -0.1) is 0 Å². The van der Waals surface area contributed by atoms with Gasteiger partial charge in [-0.2, -0.15) is 0 Å². The number of anilines is 1. The monoisotopic (exact) mass is 330 g/mol. The van der Waals surface area contributed by atoms with Gasteiger partial charge in [-0.05, 0) is 22.9 Å². The molecule has 24 heavy (non-hydrogen) atoms. The molecule has 0 radical (unpaired) electrons. The molecule has 0 aliphatic carbocycles. The molecule has 0 saturated carbocycles. The van der Waals surface area contributed by atoms with E-state index in [-0.39, 0.29) is 17.8 Å². The van der Waals surface area contributed by atoms with Crippen LogP contribution in [-0.4, -0.2) is 56.4 Å². The second-order valence-electron chi connectivity index (χ2n) is 5.63. The Balaban J connectivity index is 1.59. The van der Waals surface area contributed by atoms with Gasteiger partial charge in [0.1, 0.15) is 6.04 Å². The molecule has 2 aromatic heterocycles. The third-order valence-electron chi connectivity index (χ3n) is 4.21. The molecule has 1 amide bonds. The van der Waals surface area contributed by atoms with Crippen molar-refractivity contribution in [3.8, 4) is 0 Å². The fraction of sp³-hybridized carbons (Fsp3) is 0.400. The highest BCUT2D eigenvalue weighted by Crippen LogP contribution is 2.19. The molecule has 0 N–H and O–H groups in total. The summed E-state index contributed by atoms with van der Waals surface area (Å²) in [5, 5.41) is 10.6. The van der Waals surface area contributed by atoms with Crippen LogP contribution in [0.2, 0.25) is 0 Å². The summed E-state index contributed by atoms with van der Waals surface area (Å²) in [5.41, 5.74) is 0.829. The minimum Gasteiger partial charge on any atom is -0.365 e. The van der Waals surface area contributed by atoms with Gasteiger partial charge in [0.05, 0.1) is 12.0 Å². The van der Waals surface area contributed by atoms with Crippen LogP contribution in [0.25, 0.3) is 0 Å². The standard InChI is InChI=1S/C15H18N6O3/c1-12(20-5-4-16-11-20)15(22)19-8-6-18(7-9-19)13-2-3-14(17-10-13)21(23)24/h2-5,10-12H,6-9H2,1H3. The van der Waals surface area contributed by atoms with Crippen molar-refractivity contribution >= 4 is 17.4 Å². The Kier molecular flexibility index (Phi) is 4.41. The number of carbonyl (C=O) groups is 1. The number of aromatic nitrogens is 3. The van der Waals surface area contributed by atoms with E-state index in [2.05, 4.69) is 14.9 Å². The van der Waals surface area contributed by atoms with Gasteiger partial charge in [0.2, 0.25) is 5.91 Å². The molecule has 1 saturated heterocycles. The molecule has 1 atom stereocenters. The number of imidazole rings is 1. The lowest BCUT2D eigenvalue weighted by Crippen LogP contribution is -2.50. The molecule has 126 valence electrons. The molecule has 0 spiro atoms. The van der Waals surface area contributed by atoms with Gasteiger partial charge in [-0.3, -0.25) is 4.79 Å². The molecule has 3 heterocycles. The van der Waals surface area contributed by atoms with Crippen LogP contribution in [0.15, 0.2) is 37.1 Å². The third kappa shape index (κ3) is 3.19. The van der Waals surface area contributed by atoms with Crippen molar-refractivity contribution in [3.05, 3.63) is 47.2 Å². The smallest absolute Gasteiger partial charge is 0.363 e. The van der Waals surface area contributed by atoms with Crippen molar-refractivity contribution in [2.45, 2.75) is 13.0 Å². The average molecular weight is 330 g/mol. The zero-order valence-corrected chi connectivity index (χ0v) is 13.3. The number of pyridine rings is 1. The number of rotatable bonds is 4. The fourth-order valence-electron chi connectivity index (χ4n) is 2.75. The van der Waals surface area contributed by atoms with E-state index in [9.17, 15) is 14.9 Å². The molecule has 1 unspecified atom stereocenters. The molecule has 1 aliphatic heterocycles. The maximum absolute atomic E-state index is 12.5. The SMILES string of the molecule is CC(C(=O)N1CCN(c2ccc([N+](=O)[O-])nc2)CC1)n1ccnc1. The molecule has 9 nitrogen and oxygen atoms in total. The van der Waals surface area contributed by atoms with E-state index in [1.165, 1.54) is 12.3 Å². The number of amides is 1. The Morgan fingerprint density at radius 2 is 2.04 bits per heavy atom. The quantitative estimate of drug-likeness (QED) is 0.615. The third-order valence-corrected chi connectivity index (χ3v) is 4.21. The Hall–Kier alpha value is -2.97. The topological polar surface area (TPSA) is 97.4 Å². The molecule has 3 rings (SSSR count). The lowest BCUT2D eigenvalue weighted by atomic mass is 10.2. The first-order valence-corrected chi connectivity index (χ1v) is 7.68. The molecule has 1 aliphatic rings. The molecular formula is C15H18N6O3. The van der Waals surface area contributed by atoms with Gasteiger partial charge in [0.15, 0.2) is 6.20 Å². The molecule has 2 aromatic rings. The number of nitro groups is 1. The summed E-state index contributed by atoms with van der Waals surface area (Å²) in [6.45, 7) is 4.41. The zero-order valence-electron chi connectivity index (χ0n) is 13.3. The summed E-state index contributed by atoms with van der Waals surface area (Å²) in [7, 11) is 0. The number of carbonyl (C=O) groups excluding carboxylic acids is 1. The Morgan fingerprint density at radius 3 is 2.58 bits per heavy atom. The van der Waals surface area contributed by atoms with Crippen molar-refractivity contribution in [1.29, 1.82) is 0 Å². The van der Waals surface area contributed by atoms with Crippen molar-refractivity contribution in [2.24, 2.45) is 0 Å². The summed E-state index contributed by atoms with van der Waals surface area (Å²) < 4.78 is 1.79. The van der Waals surface area contributed by atoms with Crippen LogP contribution in [-0.2, 0) is 4.79 Å². The first kappa shape index (κ1) is 15.9. The Bertz CT molecular complexity index is 707. The summed E-state index contributed by atoms with van der Waals surface area (Å²) in [4.78, 5) is 34.4. The van der Waals surface area contributed by atoms with Crippen molar-refractivity contribution in [2.75, 3.05) is 31.1 Å². The Morgan fingerprint density at radius 1 is 1.29 bits per heavy atom. The van der Waals surface area contributed by atoms with Crippen molar-refractivity contribution < 1.29 is 9.72 Å². The predicted octanol–water partition coefficient (Wildman–Crippen LogP) is 1.10. The number of hydrogen-bond donors (Lipinski definition) is 0. The first-order valence-electron chi connectivity index (χ1n) is 7.68. The fourth-order valence-corrected chi connectivity index (χ4v) is 2.75. The van der Waals surface area contributed by atoms with E-state index in [0.717, 1.165) is 5.69 Å². The van der Waals surface area contributed by atoms with Crippen LogP contribution in [0.1, 0.15) is 13.0 Å². The lowest BCUT2D eigenvalue weighted by molar-refractivity contribution is -0.389. The highest BCUT2D eigenvalue weighted by atomic mass is 16.6. The van der Waals surface area contributed by atoms with Crippen LogP contribution in [0.3, 0.4) is 0 Å². The molecular weight excluding hydrogens is 312 g/mol. The lowest BCUT2D eigenvalue weighted by Gasteiger charge is -2.36. The van der Waals surface area contributed by atoms with Crippen molar-refractivity contribution in [3.63, 3.8) is 0 Å². The highest BCUT2D eigenvalue weighted by molar-refractivity contribution is 5.80. The highest BCUT2D eigenvalue weighted by Gasteiger charge is 2.26. The van der Waals surface area contributed by atoms with Crippen LogP contribution >= 0.6 is 0 Å². The average Bonchev–Trinajstić information content (AvgIpc) is 3.15. The van der Waals surface area contributed by atoms with Crippen LogP contribution in [0, 0.1) is 10.1 Å². The van der Waals surface area contributed by atoms with Gasteiger partial charge < -0.3 is 24.5 Å². The van der Waals surface area contributed by atoms with Crippen LogP contribution in [0.5, 0.6) is 0 Å². The van der Waals surface area contributed by atoms with Gasteiger partial charge in [0, 0.05) is 44.6 Å². The van der Waals surface area contributed by atoms with Gasteiger partial charge in [-0.1, -0.05) is 0 Å². The number of nitrogens with zero attached hydrogens (tertiary/aromatic N) is 6. The van der Waals surface area contributed by atoms with E-state index in [1.54, 1.807) is 29.4 Å². The maximum Gasteiger partial charge on any atom is 0.363 e. The van der Waals surface area contributed by atoms with Gasteiger partial charge >= 0.3 is 5.82 Å². The molecule has 1 fully saturated rings. The van der Waals surface area contributed by atoms with Crippen LogP contribution < -0.4 is 4.90 Å². The number of hydrogen-bond acceptors (Lipinski definition) is 6. The first-order chi connectivity index (χ1) is 11.6. The van der Waals surface area contributed by atoms with Gasteiger partial charge in [-0.25, -0.2) is 4.98 Å². The second kappa shape index (κ2) is 6.65. The largest absolute Gasteiger partial charge is 0.365 e. The normalized spacial score (nSPS) is 16.0. The summed E-state index contributed by atoms with van der Waals surface area (Å²) >= 11 is 0. The van der Waals surface area contributed by atoms with E-state index in [1.807, 2.05) is 11.8 Å². The summed E-state index contributed by atoms with van der Waals surface area (Å²) in [5.74, 6) is -0.101. The number of piperazine rings is 1. The van der Waals surface area contributed by atoms with Crippen LogP contribution in [0.4, 0.5) is 11.5 Å². The molecule has 0 aromatic carbocycles. The van der Waals surface area contributed by atoms with E-state index in [4.69, 9.17) is 0 Å². The summed E-state index contributed by atoms with van der Waals surface area (Å²) in [6, 6.07) is 2.81. The minimum atomic E-state index is -0.516. The predicted molar refractivity (Wildman–Crippen MR) is 86.6 cm³/mol. The minimum absolute atomic E-state index is 0.0643. The molecule has 0 bridgehead atoms. The zero-order chi connectivity index (χ0) is 17.1. The van der Waals surface area contributed by atoms with E-state index in [0.29, 0.717) is 26.2 Å². The summed E-state index contributed by atoms with van der Waals surface area (Å²) in [6.07, 6.45) is 6.58. The van der Waals surface area contributed by atoms with Crippen molar-refractivity contribution in [1.82, 2.24) is 19.4 Å². The van der Waals surface area contributed by atoms with Gasteiger partial charge in [0.25, 0.3) is 0 Å². The van der Waals surface area contributed by atoms with E-state index < -0.39 is 4.92 Å². The Labute approximate surface area is 138 Å².